The summed E-state index contributed by atoms with van der Waals surface area (Å²) >= 11 is 6.12. The highest BCUT2D eigenvalue weighted by Crippen LogP contribution is 2.33. The van der Waals surface area contributed by atoms with Crippen molar-refractivity contribution < 1.29 is 4.39 Å². The number of hydrogen-bond acceptors (Lipinski definition) is 1. The van der Waals surface area contributed by atoms with Crippen LogP contribution < -0.4 is 5.73 Å². The summed E-state index contributed by atoms with van der Waals surface area (Å²) in [6.45, 7) is 1.87. The third-order valence-electron chi connectivity index (χ3n) is 2.67. The minimum absolute atomic E-state index is 0.165. The lowest BCUT2D eigenvalue weighted by atomic mass is 9.96. The molecule has 0 aromatic heterocycles. The van der Waals surface area contributed by atoms with E-state index in [4.69, 9.17) is 17.3 Å². The van der Waals surface area contributed by atoms with Gasteiger partial charge in [0.1, 0.15) is 5.82 Å². The third-order valence-corrected chi connectivity index (χ3v) is 3.00. The first-order valence-electron chi connectivity index (χ1n) is 5.39. The highest BCUT2D eigenvalue weighted by Gasteiger charge is 2.12. The quantitative estimate of drug-likeness (QED) is 0.850. The fourth-order valence-electron chi connectivity index (χ4n) is 1.84. The van der Waals surface area contributed by atoms with Crippen molar-refractivity contribution in [2.24, 2.45) is 5.73 Å². The predicted molar refractivity (Wildman–Crippen MR) is 69.4 cm³/mol. The molecule has 0 bridgehead atoms. The third kappa shape index (κ3) is 2.48. The summed E-state index contributed by atoms with van der Waals surface area (Å²) in [5.74, 6) is -0.288. The Labute approximate surface area is 105 Å². The predicted octanol–water partition coefficient (Wildman–Crippen LogP) is 4.17. The summed E-state index contributed by atoms with van der Waals surface area (Å²) in [5, 5.41) is 0.597. The monoisotopic (exact) mass is 249 g/mol. The van der Waals surface area contributed by atoms with Crippen LogP contribution in [-0.4, -0.2) is 0 Å². The molecule has 0 saturated heterocycles. The van der Waals surface area contributed by atoms with Gasteiger partial charge in [0.25, 0.3) is 0 Å². The molecule has 1 nitrogen and oxygen atoms in total. The van der Waals surface area contributed by atoms with E-state index in [0.29, 0.717) is 5.02 Å². The van der Waals surface area contributed by atoms with Crippen LogP contribution in [0.3, 0.4) is 0 Å². The van der Waals surface area contributed by atoms with Gasteiger partial charge in [-0.3, -0.25) is 0 Å². The zero-order chi connectivity index (χ0) is 12.4. The van der Waals surface area contributed by atoms with Crippen LogP contribution in [-0.2, 0) is 0 Å². The molecule has 0 aliphatic carbocycles. The molecule has 2 rings (SSSR count). The maximum atomic E-state index is 13.3. The maximum absolute atomic E-state index is 13.3. The summed E-state index contributed by atoms with van der Waals surface area (Å²) in [6.07, 6.45) is 0. The zero-order valence-electron chi connectivity index (χ0n) is 9.45. The number of halogens is 2. The molecule has 0 fully saturated rings. The molecule has 0 radical (unpaired) electrons. The Morgan fingerprint density at radius 3 is 2.47 bits per heavy atom. The van der Waals surface area contributed by atoms with Gasteiger partial charge in [0.2, 0.25) is 0 Å². The smallest absolute Gasteiger partial charge is 0.123 e. The first-order valence-corrected chi connectivity index (χ1v) is 5.77. The Morgan fingerprint density at radius 1 is 1.12 bits per heavy atom. The zero-order valence-corrected chi connectivity index (χ0v) is 10.2. The number of nitrogens with two attached hydrogens (primary N) is 1. The molecule has 0 aliphatic rings. The lowest BCUT2D eigenvalue weighted by Gasteiger charge is -2.14. The molecule has 3 heteroatoms. The van der Waals surface area contributed by atoms with Crippen LogP contribution in [0.1, 0.15) is 18.5 Å². The van der Waals surface area contributed by atoms with Crippen molar-refractivity contribution in [1.29, 1.82) is 0 Å². The number of hydrogen-bond donors (Lipinski definition) is 1. The molecule has 0 aliphatic heterocycles. The van der Waals surface area contributed by atoms with Crippen LogP contribution in [0.15, 0.2) is 42.5 Å². The van der Waals surface area contributed by atoms with E-state index in [1.54, 1.807) is 12.1 Å². The van der Waals surface area contributed by atoms with Crippen molar-refractivity contribution in [1.82, 2.24) is 0 Å². The van der Waals surface area contributed by atoms with E-state index in [-0.39, 0.29) is 11.9 Å². The molecular weight excluding hydrogens is 237 g/mol. The average Bonchev–Trinajstić information content (AvgIpc) is 2.29. The van der Waals surface area contributed by atoms with Gasteiger partial charge in [-0.2, -0.15) is 0 Å². The first kappa shape index (κ1) is 12.1. The topological polar surface area (TPSA) is 26.0 Å². The largest absolute Gasteiger partial charge is 0.324 e. The van der Waals surface area contributed by atoms with Crippen molar-refractivity contribution >= 4 is 11.6 Å². The lowest BCUT2D eigenvalue weighted by Crippen LogP contribution is -2.07. The minimum Gasteiger partial charge on any atom is -0.324 e. The molecule has 88 valence electrons. The molecule has 0 spiro atoms. The van der Waals surface area contributed by atoms with E-state index in [1.807, 2.05) is 25.1 Å². The second kappa shape index (κ2) is 4.86. The van der Waals surface area contributed by atoms with Gasteiger partial charge in [-0.1, -0.05) is 35.9 Å². The van der Waals surface area contributed by atoms with Crippen LogP contribution in [0.5, 0.6) is 0 Å². The molecule has 1 unspecified atom stereocenters. The number of benzene rings is 2. The summed E-state index contributed by atoms with van der Waals surface area (Å²) in [5.41, 5.74) is 8.34. The highest BCUT2D eigenvalue weighted by molar-refractivity contribution is 6.33. The van der Waals surface area contributed by atoms with Crippen molar-refractivity contribution in [2.45, 2.75) is 13.0 Å². The molecule has 2 aromatic carbocycles. The van der Waals surface area contributed by atoms with Crippen molar-refractivity contribution in [2.75, 3.05) is 0 Å². The Bertz CT molecular complexity index is 537. The average molecular weight is 250 g/mol. The molecule has 0 heterocycles. The standard InChI is InChI=1S/C14H13ClFN/c1-9(17)11-7-6-10(16)8-13(11)12-4-2-3-5-14(12)15/h2-9H,17H2,1H3. The van der Waals surface area contributed by atoms with Gasteiger partial charge in [0.15, 0.2) is 0 Å². The number of rotatable bonds is 2. The van der Waals surface area contributed by atoms with Crippen molar-refractivity contribution in [3.8, 4) is 11.1 Å². The van der Waals surface area contributed by atoms with Crippen LogP contribution in [0.25, 0.3) is 11.1 Å². The molecule has 1 atom stereocenters. The molecular formula is C14H13ClFN. The van der Waals surface area contributed by atoms with Gasteiger partial charge in [-0.25, -0.2) is 4.39 Å². The van der Waals surface area contributed by atoms with Crippen LogP contribution in [0.4, 0.5) is 4.39 Å². The summed E-state index contributed by atoms with van der Waals surface area (Å²) in [7, 11) is 0. The van der Waals surface area contributed by atoms with E-state index < -0.39 is 0 Å². The summed E-state index contributed by atoms with van der Waals surface area (Å²) < 4.78 is 13.3. The van der Waals surface area contributed by atoms with E-state index in [1.165, 1.54) is 12.1 Å². The summed E-state index contributed by atoms with van der Waals surface area (Å²) in [6, 6.07) is 11.8. The SMILES string of the molecule is CC(N)c1ccc(F)cc1-c1ccccc1Cl. The van der Waals surface area contributed by atoms with Gasteiger partial charge < -0.3 is 5.73 Å². The maximum Gasteiger partial charge on any atom is 0.123 e. The first-order chi connectivity index (χ1) is 8.09. The van der Waals surface area contributed by atoms with Crippen LogP contribution in [0, 0.1) is 5.82 Å². The Balaban J connectivity index is 2.65. The lowest BCUT2D eigenvalue weighted by molar-refractivity contribution is 0.626. The van der Waals surface area contributed by atoms with Crippen LogP contribution >= 0.6 is 11.6 Å². The molecule has 2 N–H and O–H groups in total. The van der Waals surface area contributed by atoms with E-state index in [2.05, 4.69) is 0 Å². The fraction of sp³-hybridized carbons (Fsp3) is 0.143. The Hall–Kier alpha value is -1.38. The van der Waals surface area contributed by atoms with Gasteiger partial charge in [0.05, 0.1) is 0 Å². The normalized spacial score (nSPS) is 12.5. The van der Waals surface area contributed by atoms with Crippen LogP contribution in [0.2, 0.25) is 5.02 Å². The molecule has 0 saturated carbocycles. The van der Waals surface area contributed by atoms with Gasteiger partial charge in [-0.05, 0) is 36.2 Å². The fourth-order valence-corrected chi connectivity index (χ4v) is 2.08. The van der Waals surface area contributed by atoms with Gasteiger partial charge in [0, 0.05) is 16.6 Å². The minimum atomic E-state index is -0.288. The van der Waals surface area contributed by atoms with Gasteiger partial charge >= 0.3 is 0 Å². The Morgan fingerprint density at radius 2 is 1.82 bits per heavy atom. The molecule has 2 aromatic rings. The van der Waals surface area contributed by atoms with E-state index in [0.717, 1.165) is 16.7 Å². The second-order valence-corrected chi connectivity index (χ2v) is 4.41. The second-order valence-electron chi connectivity index (χ2n) is 4.00. The summed E-state index contributed by atoms with van der Waals surface area (Å²) in [4.78, 5) is 0. The highest BCUT2D eigenvalue weighted by atomic mass is 35.5. The molecule has 0 amide bonds. The van der Waals surface area contributed by atoms with Crippen molar-refractivity contribution in [3.05, 3.63) is 58.9 Å². The molecule has 17 heavy (non-hydrogen) atoms. The van der Waals surface area contributed by atoms with Crippen molar-refractivity contribution in [3.63, 3.8) is 0 Å². The van der Waals surface area contributed by atoms with Gasteiger partial charge in [-0.15, -0.1) is 0 Å². The van der Waals surface area contributed by atoms with E-state index in [9.17, 15) is 4.39 Å². The van der Waals surface area contributed by atoms with E-state index >= 15 is 0 Å². The Kier molecular flexibility index (Phi) is 3.46.